The monoisotopic (exact) mass is 611 g/mol. The van der Waals surface area contributed by atoms with Crippen LogP contribution in [0.15, 0.2) is 48.5 Å². The van der Waals surface area contributed by atoms with Crippen LogP contribution in [-0.2, 0) is 32.3 Å². The molecule has 2 amide bonds. The number of amides is 2. The zero-order chi connectivity index (χ0) is 30.9. The van der Waals surface area contributed by atoms with E-state index >= 15 is 0 Å². The first-order valence-corrected chi connectivity index (χ1v) is 16.1. The molecular weight excluding hydrogens is 571 g/mol. The van der Waals surface area contributed by atoms with E-state index in [1.165, 1.54) is 18.1 Å². The summed E-state index contributed by atoms with van der Waals surface area (Å²) in [6.45, 7) is 1.76. The number of anilines is 1. The topological polar surface area (TPSA) is 96.0 Å². The summed E-state index contributed by atoms with van der Waals surface area (Å²) in [7, 11) is -2.41. The number of hydrogen-bond donors (Lipinski definition) is 1. The Morgan fingerprint density at radius 1 is 1.07 bits per heavy atom. The Kier molecular flexibility index (Phi) is 11.7. The van der Waals surface area contributed by atoms with Gasteiger partial charge in [0.2, 0.25) is 21.8 Å². The van der Waals surface area contributed by atoms with Crippen molar-refractivity contribution >= 4 is 27.5 Å². The van der Waals surface area contributed by atoms with Gasteiger partial charge in [-0.2, -0.15) is 13.2 Å². The van der Waals surface area contributed by atoms with E-state index in [1.54, 1.807) is 18.2 Å². The Morgan fingerprint density at radius 2 is 1.76 bits per heavy atom. The molecule has 0 spiro atoms. The molecule has 1 aliphatic rings. The molecule has 0 saturated heterocycles. The maximum absolute atomic E-state index is 13.7. The SMILES string of the molecule is CCC(C(=O)NC1CCCCC1)N(Cc1cccc(OC)c1)C(=O)CCCN(c1cccc(C(F)(F)F)c1)S(C)(=O)=O. The van der Waals surface area contributed by atoms with Gasteiger partial charge in [0.05, 0.1) is 24.6 Å². The van der Waals surface area contributed by atoms with Gasteiger partial charge in [0.1, 0.15) is 11.8 Å². The third-order valence-electron chi connectivity index (χ3n) is 7.44. The van der Waals surface area contributed by atoms with Crippen LogP contribution in [0.3, 0.4) is 0 Å². The molecule has 12 heteroatoms. The van der Waals surface area contributed by atoms with Crippen molar-refractivity contribution in [2.24, 2.45) is 0 Å². The predicted octanol–water partition coefficient (Wildman–Crippen LogP) is 5.52. The number of benzene rings is 2. The lowest BCUT2D eigenvalue weighted by Gasteiger charge is -2.33. The van der Waals surface area contributed by atoms with Gasteiger partial charge in [-0.1, -0.05) is 44.4 Å². The van der Waals surface area contributed by atoms with Crippen LogP contribution in [0.25, 0.3) is 0 Å². The van der Waals surface area contributed by atoms with E-state index in [0.717, 1.165) is 66.4 Å². The van der Waals surface area contributed by atoms with Crippen molar-refractivity contribution in [1.29, 1.82) is 0 Å². The fraction of sp³-hybridized carbons (Fsp3) is 0.533. The number of nitrogens with one attached hydrogen (secondary N) is 1. The van der Waals surface area contributed by atoms with Crippen LogP contribution in [0.1, 0.15) is 69.4 Å². The third kappa shape index (κ3) is 9.37. The molecular formula is C30H40F3N3O5S. The summed E-state index contributed by atoms with van der Waals surface area (Å²) in [5, 5.41) is 3.11. The summed E-state index contributed by atoms with van der Waals surface area (Å²) in [6.07, 6.45) is 1.57. The summed E-state index contributed by atoms with van der Waals surface area (Å²) >= 11 is 0. The number of carbonyl (C=O) groups excluding carboxylic acids is 2. The van der Waals surface area contributed by atoms with E-state index in [-0.39, 0.29) is 49.5 Å². The molecule has 1 unspecified atom stereocenters. The number of sulfonamides is 1. The van der Waals surface area contributed by atoms with Gasteiger partial charge in [-0.15, -0.1) is 0 Å². The molecule has 1 N–H and O–H groups in total. The number of methoxy groups -OCH3 is 1. The van der Waals surface area contributed by atoms with Crippen molar-refractivity contribution in [3.8, 4) is 5.75 Å². The Hall–Kier alpha value is -3.28. The molecule has 42 heavy (non-hydrogen) atoms. The minimum atomic E-state index is -4.64. The quantitative estimate of drug-likeness (QED) is 0.322. The van der Waals surface area contributed by atoms with Gasteiger partial charge in [-0.25, -0.2) is 8.42 Å². The van der Waals surface area contributed by atoms with E-state index in [4.69, 9.17) is 4.74 Å². The highest BCUT2D eigenvalue weighted by atomic mass is 32.2. The molecule has 0 heterocycles. The number of rotatable bonds is 13. The smallest absolute Gasteiger partial charge is 0.416 e. The van der Waals surface area contributed by atoms with E-state index < -0.39 is 27.8 Å². The van der Waals surface area contributed by atoms with E-state index in [0.29, 0.717) is 12.2 Å². The molecule has 1 saturated carbocycles. The second-order valence-corrected chi connectivity index (χ2v) is 12.5. The summed E-state index contributed by atoms with van der Waals surface area (Å²) in [5.41, 5.74) is -0.344. The number of carbonyl (C=O) groups is 2. The van der Waals surface area contributed by atoms with Crippen LogP contribution in [0.5, 0.6) is 5.75 Å². The summed E-state index contributed by atoms with van der Waals surface area (Å²) in [6, 6.07) is 10.6. The van der Waals surface area contributed by atoms with Gasteiger partial charge in [0.15, 0.2) is 0 Å². The van der Waals surface area contributed by atoms with Gasteiger partial charge >= 0.3 is 6.18 Å². The van der Waals surface area contributed by atoms with Crippen LogP contribution >= 0.6 is 0 Å². The Bertz CT molecular complexity index is 1310. The molecule has 8 nitrogen and oxygen atoms in total. The first-order chi connectivity index (χ1) is 19.8. The zero-order valence-electron chi connectivity index (χ0n) is 24.3. The first kappa shape index (κ1) is 33.2. The molecule has 2 aromatic rings. The highest BCUT2D eigenvalue weighted by Crippen LogP contribution is 2.32. The van der Waals surface area contributed by atoms with Crippen LogP contribution in [0, 0.1) is 0 Å². The lowest BCUT2D eigenvalue weighted by atomic mass is 9.95. The van der Waals surface area contributed by atoms with Gasteiger partial charge < -0.3 is 15.0 Å². The largest absolute Gasteiger partial charge is 0.497 e. The second-order valence-electron chi connectivity index (χ2n) is 10.6. The molecule has 1 aliphatic carbocycles. The first-order valence-electron chi connectivity index (χ1n) is 14.2. The van der Waals surface area contributed by atoms with Gasteiger partial charge in [0.25, 0.3) is 0 Å². The highest BCUT2D eigenvalue weighted by Gasteiger charge is 2.33. The standard InChI is InChI=1S/C30H40F3N3O5S/c1-4-27(29(38)34-24-13-6-5-7-14-24)35(21-22-11-8-16-26(19-22)41-2)28(37)17-10-18-36(42(3,39)40)25-15-9-12-23(20-25)30(31,32)33/h8-9,11-12,15-16,19-20,24,27H,4-7,10,13-14,17-18,21H2,1-3H3,(H,34,38). The Labute approximate surface area is 246 Å². The van der Waals surface area contributed by atoms with E-state index in [2.05, 4.69) is 5.32 Å². The van der Waals surface area contributed by atoms with Crippen LogP contribution < -0.4 is 14.4 Å². The maximum atomic E-state index is 13.7. The van der Waals surface area contributed by atoms with Gasteiger partial charge in [-0.05, 0) is 61.6 Å². The van der Waals surface area contributed by atoms with Crippen molar-refractivity contribution < 1.29 is 35.9 Å². The van der Waals surface area contributed by atoms with Crippen molar-refractivity contribution in [3.63, 3.8) is 0 Å². The number of halogens is 3. The number of nitrogens with zero attached hydrogens (tertiary/aromatic N) is 2. The lowest BCUT2D eigenvalue weighted by Crippen LogP contribution is -2.51. The minimum absolute atomic E-state index is 0.0391. The van der Waals surface area contributed by atoms with Crippen molar-refractivity contribution in [3.05, 3.63) is 59.7 Å². The molecule has 1 fully saturated rings. The molecule has 2 aromatic carbocycles. The normalized spacial score (nSPS) is 15.1. The average molecular weight is 612 g/mol. The molecule has 232 valence electrons. The molecule has 0 bridgehead atoms. The van der Waals surface area contributed by atoms with E-state index in [9.17, 15) is 31.2 Å². The molecule has 0 aromatic heterocycles. The summed E-state index contributed by atoms with van der Waals surface area (Å²) < 4.78 is 71.0. The zero-order valence-corrected chi connectivity index (χ0v) is 25.1. The third-order valence-corrected chi connectivity index (χ3v) is 8.63. The van der Waals surface area contributed by atoms with Crippen molar-refractivity contribution in [2.45, 2.75) is 83.1 Å². The van der Waals surface area contributed by atoms with Crippen molar-refractivity contribution in [2.75, 3.05) is 24.2 Å². The summed E-state index contributed by atoms with van der Waals surface area (Å²) in [4.78, 5) is 28.6. The second kappa shape index (κ2) is 14.8. The number of alkyl halides is 3. The van der Waals surface area contributed by atoms with E-state index in [1.807, 2.05) is 13.0 Å². The molecule has 0 aliphatic heterocycles. The highest BCUT2D eigenvalue weighted by molar-refractivity contribution is 7.92. The van der Waals surface area contributed by atoms with Gasteiger partial charge in [0, 0.05) is 25.6 Å². The molecule has 3 rings (SSSR count). The van der Waals surface area contributed by atoms with Crippen LogP contribution in [-0.4, -0.2) is 57.1 Å². The number of ether oxygens (including phenoxy) is 1. The fourth-order valence-corrected chi connectivity index (χ4v) is 6.23. The lowest BCUT2D eigenvalue weighted by molar-refractivity contribution is -0.141. The van der Waals surface area contributed by atoms with Crippen LogP contribution in [0.2, 0.25) is 0 Å². The molecule has 0 radical (unpaired) electrons. The fourth-order valence-electron chi connectivity index (χ4n) is 5.27. The minimum Gasteiger partial charge on any atom is -0.497 e. The average Bonchev–Trinajstić information content (AvgIpc) is 2.94. The Morgan fingerprint density at radius 3 is 2.38 bits per heavy atom. The maximum Gasteiger partial charge on any atom is 0.416 e. The summed E-state index contributed by atoms with van der Waals surface area (Å²) in [5.74, 6) is 0.00724. The Balaban J connectivity index is 1.80. The predicted molar refractivity (Wildman–Crippen MR) is 156 cm³/mol. The van der Waals surface area contributed by atoms with Crippen molar-refractivity contribution in [1.82, 2.24) is 10.2 Å². The van der Waals surface area contributed by atoms with Crippen LogP contribution in [0.4, 0.5) is 18.9 Å². The van der Waals surface area contributed by atoms with Gasteiger partial charge in [-0.3, -0.25) is 13.9 Å². The molecule has 1 atom stereocenters. The number of hydrogen-bond acceptors (Lipinski definition) is 5.